The van der Waals surface area contributed by atoms with Crippen molar-refractivity contribution in [2.24, 2.45) is 0 Å². The summed E-state index contributed by atoms with van der Waals surface area (Å²) in [5.74, 6) is -0.921. The second kappa shape index (κ2) is 4.78. The zero-order chi connectivity index (χ0) is 10.5. The van der Waals surface area contributed by atoms with Gasteiger partial charge in [-0.1, -0.05) is 12.7 Å². The fourth-order valence-electron chi connectivity index (χ4n) is 0.428. The Bertz CT molecular complexity index is 328. The molecular formula is C7H11NO4S. The molecule has 6 heteroatoms. The molecule has 0 spiro atoms. The van der Waals surface area contributed by atoms with Gasteiger partial charge in [0.25, 0.3) is 10.1 Å². The van der Waals surface area contributed by atoms with Crippen LogP contribution in [0.3, 0.4) is 0 Å². The minimum atomic E-state index is -4.00. The molecular weight excluding hydrogens is 194 g/mol. The van der Waals surface area contributed by atoms with Gasteiger partial charge in [-0.2, -0.15) is 8.42 Å². The van der Waals surface area contributed by atoms with Gasteiger partial charge < -0.3 is 5.32 Å². The standard InChI is InChI=1S/C7H11NO4S/c1-6(2)7(9)8-4-3-5-13(10,11)12/h3-4H,1,5H2,2H3,(H,8,9)(H,10,11,12). The Balaban J connectivity index is 3.91. The van der Waals surface area contributed by atoms with Crippen molar-refractivity contribution in [1.29, 1.82) is 0 Å². The summed E-state index contributed by atoms with van der Waals surface area (Å²) in [7, 11) is -4.00. The maximum atomic E-state index is 10.8. The van der Waals surface area contributed by atoms with E-state index in [-0.39, 0.29) is 0 Å². The van der Waals surface area contributed by atoms with Crippen LogP contribution in [0.25, 0.3) is 0 Å². The van der Waals surface area contributed by atoms with E-state index in [1.807, 2.05) is 0 Å². The van der Waals surface area contributed by atoms with Gasteiger partial charge in [-0.05, 0) is 6.92 Å². The Morgan fingerprint density at radius 1 is 1.62 bits per heavy atom. The smallest absolute Gasteiger partial charge is 0.268 e. The molecule has 74 valence electrons. The summed E-state index contributed by atoms with van der Waals surface area (Å²) in [6.07, 6.45) is 2.26. The summed E-state index contributed by atoms with van der Waals surface area (Å²) in [5.41, 5.74) is 0.316. The highest BCUT2D eigenvalue weighted by atomic mass is 32.2. The largest absolute Gasteiger partial charge is 0.329 e. The minimum absolute atomic E-state index is 0.316. The molecule has 0 aromatic rings. The van der Waals surface area contributed by atoms with E-state index in [9.17, 15) is 13.2 Å². The van der Waals surface area contributed by atoms with E-state index < -0.39 is 21.8 Å². The Morgan fingerprint density at radius 3 is 2.54 bits per heavy atom. The molecule has 0 bridgehead atoms. The van der Waals surface area contributed by atoms with Crippen molar-refractivity contribution >= 4 is 16.0 Å². The third kappa shape index (κ3) is 7.23. The maximum Gasteiger partial charge on any atom is 0.268 e. The van der Waals surface area contributed by atoms with Gasteiger partial charge in [-0.25, -0.2) is 0 Å². The average Bonchev–Trinajstić information content (AvgIpc) is 1.95. The Hall–Kier alpha value is -1.14. The van der Waals surface area contributed by atoms with Gasteiger partial charge in [0.05, 0.1) is 5.75 Å². The van der Waals surface area contributed by atoms with Crippen LogP contribution in [-0.2, 0) is 14.9 Å². The van der Waals surface area contributed by atoms with Gasteiger partial charge in [-0.3, -0.25) is 9.35 Å². The van der Waals surface area contributed by atoms with Crippen molar-refractivity contribution in [3.05, 3.63) is 24.4 Å². The van der Waals surface area contributed by atoms with Crippen LogP contribution in [0, 0.1) is 0 Å². The maximum absolute atomic E-state index is 10.8. The molecule has 0 aliphatic rings. The number of hydrogen-bond donors (Lipinski definition) is 2. The van der Waals surface area contributed by atoms with Crippen LogP contribution in [-0.4, -0.2) is 24.6 Å². The average molecular weight is 205 g/mol. The summed E-state index contributed by atoms with van der Waals surface area (Å²) in [6, 6.07) is 0. The SMILES string of the molecule is C=C(C)C(=O)NC=CCS(=O)(=O)O. The van der Waals surface area contributed by atoms with Gasteiger partial charge in [0.2, 0.25) is 5.91 Å². The zero-order valence-corrected chi connectivity index (χ0v) is 7.97. The minimum Gasteiger partial charge on any atom is -0.329 e. The molecule has 0 aromatic carbocycles. The first-order valence-electron chi connectivity index (χ1n) is 3.39. The lowest BCUT2D eigenvalue weighted by Crippen LogP contribution is -2.17. The van der Waals surface area contributed by atoms with Gasteiger partial charge >= 0.3 is 0 Å². The Morgan fingerprint density at radius 2 is 2.15 bits per heavy atom. The molecule has 0 fully saturated rings. The quantitative estimate of drug-likeness (QED) is 0.503. The molecule has 2 N–H and O–H groups in total. The first-order valence-corrected chi connectivity index (χ1v) is 5.00. The molecule has 0 aromatic heterocycles. The highest BCUT2D eigenvalue weighted by Crippen LogP contribution is 1.86. The third-order valence-corrected chi connectivity index (χ3v) is 1.64. The summed E-state index contributed by atoms with van der Waals surface area (Å²) in [5, 5.41) is 2.26. The Kier molecular flexibility index (Phi) is 4.36. The van der Waals surface area contributed by atoms with E-state index >= 15 is 0 Å². The number of nitrogens with one attached hydrogen (secondary N) is 1. The lowest BCUT2D eigenvalue weighted by Gasteiger charge is -1.96. The van der Waals surface area contributed by atoms with E-state index in [0.29, 0.717) is 5.57 Å². The third-order valence-electron chi connectivity index (χ3n) is 1.03. The summed E-state index contributed by atoms with van der Waals surface area (Å²) < 4.78 is 28.7. The summed E-state index contributed by atoms with van der Waals surface area (Å²) in [6.45, 7) is 4.89. The van der Waals surface area contributed by atoms with Crippen LogP contribution in [0.2, 0.25) is 0 Å². The molecule has 13 heavy (non-hydrogen) atoms. The molecule has 0 saturated carbocycles. The fourth-order valence-corrected chi connectivity index (χ4v) is 0.767. The van der Waals surface area contributed by atoms with Crippen LogP contribution >= 0.6 is 0 Å². The molecule has 0 unspecified atom stereocenters. The molecule has 0 aliphatic heterocycles. The Labute approximate surface area is 76.9 Å². The van der Waals surface area contributed by atoms with Crippen LogP contribution in [0.4, 0.5) is 0 Å². The zero-order valence-electron chi connectivity index (χ0n) is 7.15. The summed E-state index contributed by atoms with van der Waals surface area (Å²) in [4.78, 5) is 10.8. The van der Waals surface area contributed by atoms with E-state index in [4.69, 9.17) is 4.55 Å². The van der Waals surface area contributed by atoms with Crippen LogP contribution in [0.5, 0.6) is 0 Å². The lowest BCUT2D eigenvalue weighted by atomic mass is 10.3. The molecule has 0 saturated heterocycles. The molecule has 0 aliphatic carbocycles. The number of carbonyl (C=O) groups excluding carboxylic acids is 1. The number of amides is 1. The molecule has 5 nitrogen and oxygen atoms in total. The van der Waals surface area contributed by atoms with Gasteiger partial charge in [0, 0.05) is 11.8 Å². The van der Waals surface area contributed by atoms with Crippen molar-refractivity contribution in [2.45, 2.75) is 6.92 Å². The number of rotatable bonds is 4. The van der Waals surface area contributed by atoms with Crippen molar-refractivity contribution in [2.75, 3.05) is 5.75 Å². The van der Waals surface area contributed by atoms with Gasteiger partial charge in [0.15, 0.2) is 0 Å². The highest BCUT2D eigenvalue weighted by molar-refractivity contribution is 7.85. The van der Waals surface area contributed by atoms with Crippen molar-refractivity contribution in [1.82, 2.24) is 5.32 Å². The van der Waals surface area contributed by atoms with Gasteiger partial charge in [0.1, 0.15) is 0 Å². The molecule has 0 heterocycles. The normalized spacial score (nSPS) is 11.5. The van der Waals surface area contributed by atoms with Crippen molar-refractivity contribution in [3.63, 3.8) is 0 Å². The monoisotopic (exact) mass is 205 g/mol. The van der Waals surface area contributed by atoms with Crippen LogP contribution in [0.1, 0.15) is 6.92 Å². The van der Waals surface area contributed by atoms with E-state index in [2.05, 4.69) is 11.9 Å². The highest BCUT2D eigenvalue weighted by Gasteiger charge is 2.00. The van der Waals surface area contributed by atoms with E-state index in [1.54, 1.807) is 0 Å². The first kappa shape index (κ1) is 11.9. The molecule has 0 atom stereocenters. The van der Waals surface area contributed by atoms with E-state index in [1.165, 1.54) is 6.92 Å². The number of carbonyl (C=O) groups is 1. The van der Waals surface area contributed by atoms with Crippen LogP contribution < -0.4 is 5.32 Å². The fraction of sp³-hybridized carbons (Fsp3) is 0.286. The molecule has 0 rings (SSSR count). The molecule has 1 amide bonds. The molecule has 0 radical (unpaired) electrons. The second-order valence-corrected chi connectivity index (χ2v) is 3.90. The predicted octanol–water partition coefficient (Wildman–Crippen LogP) is 0.0802. The second-order valence-electron chi connectivity index (χ2n) is 2.40. The lowest BCUT2D eigenvalue weighted by molar-refractivity contribution is -0.116. The number of hydrogen-bond acceptors (Lipinski definition) is 3. The van der Waals surface area contributed by atoms with E-state index in [0.717, 1.165) is 12.3 Å². The topological polar surface area (TPSA) is 83.5 Å². The summed E-state index contributed by atoms with van der Waals surface area (Å²) >= 11 is 0. The first-order chi connectivity index (χ1) is 5.83. The van der Waals surface area contributed by atoms with Crippen molar-refractivity contribution in [3.8, 4) is 0 Å². The van der Waals surface area contributed by atoms with Gasteiger partial charge in [-0.15, -0.1) is 0 Å². The predicted molar refractivity (Wildman–Crippen MR) is 48.5 cm³/mol. The van der Waals surface area contributed by atoms with Crippen molar-refractivity contribution < 1.29 is 17.8 Å². The van der Waals surface area contributed by atoms with Crippen LogP contribution in [0.15, 0.2) is 24.4 Å².